The van der Waals surface area contributed by atoms with Crippen molar-refractivity contribution in [2.75, 3.05) is 11.6 Å². The molecule has 0 aliphatic rings. The number of aromatic nitrogens is 2. The van der Waals surface area contributed by atoms with Crippen LogP contribution in [-0.2, 0) is 14.6 Å². The fourth-order valence-electron chi connectivity index (χ4n) is 1.45. The van der Waals surface area contributed by atoms with Crippen LogP contribution in [0.4, 0.5) is 5.69 Å². The molecule has 0 saturated heterocycles. The number of nitrogens with one attached hydrogen (secondary N) is 1. The molecule has 1 aromatic carbocycles. The summed E-state index contributed by atoms with van der Waals surface area (Å²) < 4.78 is 26.4. The smallest absolute Gasteiger partial charge is 0.242 e. The summed E-state index contributed by atoms with van der Waals surface area (Å²) in [5.74, 6) is -0.546. The van der Waals surface area contributed by atoms with Gasteiger partial charge in [0, 0.05) is 22.9 Å². The molecule has 1 amide bonds. The van der Waals surface area contributed by atoms with Gasteiger partial charge in [-0.1, -0.05) is 16.6 Å². The first-order valence-electron chi connectivity index (χ1n) is 5.75. The van der Waals surface area contributed by atoms with Gasteiger partial charge in [0.1, 0.15) is 10.9 Å². The van der Waals surface area contributed by atoms with E-state index >= 15 is 0 Å². The van der Waals surface area contributed by atoms with Crippen molar-refractivity contribution in [3.63, 3.8) is 0 Å². The third-order valence-electron chi connectivity index (χ3n) is 2.82. The van der Waals surface area contributed by atoms with E-state index in [-0.39, 0.29) is 0 Å². The van der Waals surface area contributed by atoms with Gasteiger partial charge < -0.3 is 5.32 Å². The van der Waals surface area contributed by atoms with Gasteiger partial charge in [0.25, 0.3) is 0 Å². The number of anilines is 1. The van der Waals surface area contributed by atoms with Gasteiger partial charge in [0.05, 0.1) is 0 Å². The second-order valence-corrected chi connectivity index (χ2v) is 7.30. The predicted molar refractivity (Wildman–Crippen MR) is 78.3 cm³/mol. The molecule has 6 nitrogen and oxygen atoms in total. The lowest BCUT2D eigenvalue weighted by Crippen LogP contribution is -2.31. The van der Waals surface area contributed by atoms with Crippen LogP contribution in [0.5, 0.6) is 0 Å². The first-order chi connectivity index (χ1) is 9.38. The highest BCUT2D eigenvalue weighted by atomic mass is 32.2. The van der Waals surface area contributed by atoms with E-state index < -0.39 is 21.0 Å². The Hall–Kier alpha value is -1.80. The van der Waals surface area contributed by atoms with Crippen LogP contribution >= 0.6 is 11.5 Å². The average Bonchev–Trinajstić information content (AvgIpc) is 2.91. The van der Waals surface area contributed by atoms with E-state index in [1.165, 1.54) is 18.5 Å². The van der Waals surface area contributed by atoms with Crippen LogP contribution in [0.1, 0.15) is 6.92 Å². The number of benzene rings is 1. The van der Waals surface area contributed by atoms with E-state index in [9.17, 15) is 13.2 Å². The van der Waals surface area contributed by atoms with Gasteiger partial charge >= 0.3 is 0 Å². The summed E-state index contributed by atoms with van der Waals surface area (Å²) in [7, 11) is -3.39. The maximum atomic E-state index is 11.8. The summed E-state index contributed by atoms with van der Waals surface area (Å²) in [4.78, 5) is 11.8. The molecule has 2 aromatic rings. The first kappa shape index (κ1) is 14.6. The fraction of sp³-hybridized carbons (Fsp3) is 0.250. The Morgan fingerprint density at radius 3 is 2.45 bits per heavy atom. The van der Waals surface area contributed by atoms with Crippen molar-refractivity contribution in [2.24, 2.45) is 0 Å². The monoisotopic (exact) mass is 311 g/mol. The van der Waals surface area contributed by atoms with Gasteiger partial charge in [-0.3, -0.25) is 4.79 Å². The maximum Gasteiger partial charge on any atom is 0.242 e. The summed E-state index contributed by atoms with van der Waals surface area (Å²) in [5.41, 5.74) is 2.18. The third kappa shape index (κ3) is 3.40. The standard InChI is InChI=1S/C12H13N3O3S2/c1-8(20(2,17)18)12(16)13-10-5-3-9(4-6-10)11-7-19-15-14-11/h3-8H,1-2H3,(H,13,16). The average molecular weight is 311 g/mol. The summed E-state index contributed by atoms with van der Waals surface area (Å²) in [6.07, 6.45) is 1.04. The van der Waals surface area contributed by atoms with E-state index in [2.05, 4.69) is 14.9 Å². The Balaban J connectivity index is 2.10. The van der Waals surface area contributed by atoms with Gasteiger partial charge in [0.15, 0.2) is 9.84 Å². The molecule has 8 heteroatoms. The molecule has 0 saturated carbocycles. The maximum absolute atomic E-state index is 11.8. The van der Waals surface area contributed by atoms with Crippen LogP contribution in [0.2, 0.25) is 0 Å². The fourth-order valence-corrected chi connectivity index (χ4v) is 2.37. The molecule has 0 aliphatic heterocycles. The van der Waals surface area contributed by atoms with Gasteiger partial charge in [-0.25, -0.2) is 8.42 Å². The molecule has 106 valence electrons. The highest BCUT2D eigenvalue weighted by Gasteiger charge is 2.23. The first-order valence-corrected chi connectivity index (χ1v) is 8.54. The van der Waals surface area contributed by atoms with Crippen LogP contribution < -0.4 is 5.32 Å². The zero-order chi connectivity index (χ0) is 14.8. The van der Waals surface area contributed by atoms with Gasteiger partial charge in [-0.05, 0) is 30.6 Å². The van der Waals surface area contributed by atoms with Crippen molar-refractivity contribution in [3.8, 4) is 11.3 Å². The van der Waals surface area contributed by atoms with Crippen LogP contribution in [0.3, 0.4) is 0 Å². The Kier molecular flexibility index (Phi) is 4.15. The molecule has 20 heavy (non-hydrogen) atoms. The molecule has 0 radical (unpaired) electrons. The molecule has 2 rings (SSSR count). The number of hydrogen-bond acceptors (Lipinski definition) is 6. The summed E-state index contributed by atoms with van der Waals surface area (Å²) in [6, 6.07) is 6.97. The number of sulfone groups is 1. The van der Waals surface area contributed by atoms with Crippen LogP contribution in [0, 0.1) is 0 Å². The van der Waals surface area contributed by atoms with Crippen LogP contribution in [-0.4, -0.2) is 35.4 Å². The minimum Gasteiger partial charge on any atom is -0.325 e. The van der Waals surface area contributed by atoms with Crippen molar-refractivity contribution >= 4 is 33.0 Å². The Morgan fingerprint density at radius 2 is 1.95 bits per heavy atom. The molecule has 0 fully saturated rings. The SMILES string of the molecule is CC(C(=O)Nc1ccc(-c2csnn2)cc1)S(C)(=O)=O. The number of carbonyl (C=O) groups excluding carboxylic acids is 1. The number of amides is 1. The van der Waals surface area contributed by atoms with Crippen LogP contribution in [0.25, 0.3) is 11.3 Å². The summed E-state index contributed by atoms with van der Waals surface area (Å²) >= 11 is 1.26. The predicted octanol–water partition coefficient (Wildman–Crippen LogP) is 1.58. The molecule has 1 atom stereocenters. The van der Waals surface area contributed by atoms with E-state index in [0.29, 0.717) is 5.69 Å². The van der Waals surface area contributed by atoms with E-state index in [1.54, 1.807) is 24.3 Å². The largest absolute Gasteiger partial charge is 0.325 e. The molecule has 0 aliphatic carbocycles. The minimum atomic E-state index is -3.39. The molecule has 1 aromatic heterocycles. The molecule has 0 bridgehead atoms. The molecule has 1 heterocycles. The van der Waals surface area contributed by atoms with Crippen molar-refractivity contribution in [1.82, 2.24) is 9.59 Å². The van der Waals surface area contributed by atoms with Crippen molar-refractivity contribution in [1.29, 1.82) is 0 Å². The quantitative estimate of drug-likeness (QED) is 0.926. The van der Waals surface area contributed by atoms with E-state index in [4.69, 9.17) is 0 Å². The second-order valence-electron chi connectivity index (χ2n) is 4.33. The lowest BCUT2D eigenvalue weighted by molar-refractivity contribution is -0.115. The lowest BCUT2D eigenvalue weighted by Gasteiger charge is -2.10. The van der Waals surface area contributed by atoms with Crippen molar-refractivity contribution in [3.05, 3.63) is 29.6 Å². The third-order valence-corrected chi connectivity index (χ3v) is 4.82. The summed E-state index contributed by atoms with van der Waals surface area (Å²) in [6.45, 7) is 1.36. The molecular weight excluding hydrogens is 298 g/mol. The molecule has 1 unspecified atom stereocenters. The molecule has 0 spiro atoms. The number of rotatable bonds is 4. The minimum absolute atomic E-state index is 0.539. The molecular formula is C12H13N3O3S2. The number of nitrogens with zero attached hydrogens (tertiary/aromatic N) is 2. The Labute approximate surface area is 120 Å². The normalized spacial score (nSPS) is 12.9. The Morgan fingerprint density at radius 1 is 1.30 bits per heavy atom. The Bertz CT molecular complexity index is 694. The highest BCUT2D eigenvalue weighted by Crippen LogP contribution is 2.20. The van der Waals surface area contributed by atoms with Crippen molar-refractivity contribution in [2.45, 2.75) is 12.2 Å². The zero-order valence-electron chi connectivity index (χ0n) is 10.9. The number of hydrogen-bond donors (Lipinski definition) is 1. The zero-order valence-corrected chi connectivity index (χ0v) is 12.5. The topological polar surface area (TPSA) is 89.0 Å². The molecule has 1 N–H and O–H groups in total. The van der Waals surface area contributed by atoms with Gasteiger partial charge in [-0.15, -0.1) is 5.10 Å². The summed E-state index contributed by atoms with van der Waals surface area (Å²) in [5, 5.41) is 7.25. The van der Waals surface area contributed by atoms with Gasteiger partial charge in [-0.2, -0.15) is 0 Å². The van der Waals surface area contributed by atoms with E-state index in [1.807, 2.05) is 5.38 Å². The highest BCUT2D eigenvalue weighted by molar-refractivity contribution is 7.92. The lowest BCUT2D eigenvalue weighted by atomic mass is 10.1. The van der Waals surface area contributed by atoms with Crippen LogP contribution in [0.15, 0.2) is 29.6 Å². The van der Waals surface area contributed by atoms with E-state index in [0.717, 1.165) is 17.5 Å². The number of carbonyl (C=O) groups is 1. The second kappa shape index (κ2) is 5.68. The van der Waals surface area contributed by atoms with Gasteiger partial charge in [0.2, 0.25) is 5.91 Å². The van der Waals surface area contributed by atoms with Crippen molar-refractivity contribution < 1.29 is 13.2 Å².